The molecule has 0 amide bonds. The van der Waals surface area contributed by atoms with Crippen LogP contribution in [0, 0.1) is 0 Å². The van der Waals surface area contributed by atoms with E-state index < -0.39 is 0 Å². The Labute approximate surface area is 268 Å². The Balaban J connectivity index is 1.20. The Kier molecular flexibility index (Phi) is 5.44. The van der Waals surface area contributed by atoms with Gasteiger partial charge in [0, 0.05) is 47.0 Å². The molecule has 2 nitrogen and oxygen atoms in total. The molecule has 2 heteroatoms. The third-order valence-electron chi connectivity index (χ3n) is 10.0. The van der Waals surface area contributed by atoms with Crippen LogP contribution < -0.4 is 9.80 Å². The van der Waals surface area contributed by atoms with E-state index in [-0.39, 0.29) is 0 Å². The van der Waals surface area contributed by atoms with Crippen molar-refractivity contribution in [3.8, 4) is 0 Å². The van der Waals surface area contributed by atoms with Crippen molar-refractivity contribution in [2.75, 3.05) is 9.80 Å². The highest BCUT2D eigenvalue weighted by atomic mass is 15.2. The molecule has 0 saturated carbocycles. The minimum absolute atomic E-state index is 0.957. The summed E-state index contributed by atoms with van der Waals surface area (Å²) in [5.74, 6) is 0. The maximum atomic E-state index is 2.45. The van der Waals surface area contributed by atoms with Crippen LogP contribution in [0.3, 0.4) is 0 Å². The second-order valence-corrected chi connectivity index (χ2v) is 12.5. The van der Waals surface area contributed by atoms with Crippen molar-refractivity contribution in [3.05, 3.63) is 180 Å². The molecule has 0 aliphatic carbocycles. The third-order valence-corrected chi connectivity index (χ3v) is 10.0. The largest absolute Gasteiger partial charge is 0.310 e. The maximum Gasteiger partial charge on any atom is 0.0497 e. The first-order valence-corrected chi connectivity index (χ1v) is 16.1. The second-order valence-electron chi connectivity index (χ2n) is 12.5. The lowest BCUT2D eigenvalue weighted by Gasteiger charge is -2.34. The fourth-order valence-corrected chi connectivity index (χ4v) is 7.95. The zero-order chi connectivity index (χ0) is 30.2. The second kappa shape index (κ2) is 9.82. The summed E-state index contributed by atoms with van der Waals surface area (Å²) in [4.78, 5) is 4.89. The highest BCUT2D eigenvalue weighted by Gasteiger charge is 2.26. The van der Waals surface area contributed by atoms with E-state index in [9.17, 15) is 0 Å². The van der Waals surface area contributed by atoms with E-state index in [1.165, 1.54) is 88.7 Å². The normalized spacial score (nSPS) is 13.4. The van der Waals surface area contributed by atoms with Crippen LogP contribution in [-0.4, -0.2) is 0 Å². The Morgan fingerprint density at radius 2 is 0.587 bits per heavy atom. The average Bonchev–Trinajstić information content (AvgIpc) is 3.12. The van der Waals surface area contributed by atoms with Gasteiger partial charge in [-0.15, -0.1) is 0 Å². The fourth-order valence-electron chi connectivity index (χ4n) is 7.95. The summed E-state index contributed by atoms with van der Waals surface area (Å²) in [5.41, 5.74) is 12.9. The Hall–Kier alpha value is -5.86. The van der Waals surface area contributed by atoms with Gasteiger partial charge < -0.3 is 9.80 Å². The van der Waals surface area contributed by atoms with Crippen molar-refractivity contribution in [2.24, 2.45) is 0 Å². The molecule has 0 radical (unpaired) electrons. The van der Waals surface area contributed by atoms with E-state index in [2.05, 4.69) is 168 Å². The van der Waals surface area contributed by atoms with Gasteiger partial charge in [-0.1, -0.05) is 109 Å². The lowest BCUT2D eigenvalue weighted by atomic mass is 9.91. The van der Waals surface area contributed by atoms with Crippen LogP contribution in [-0.2, 0) is 12.8 Å². The molecule has 216 valence electrons. The highest BCUT2D eigenvalue weighted by Crippen LogP contribution is 2.48. The standard InChI is InChI=1S/C44H30N2/c1-7-17-41-29(11-1)25-30-12-2-8-18-42(30)45(41)33-21-23-37-38-24-22-34(28-40(38)36-16-6-5-15-35(36)39(37)27-33)46-43-19-9-3-13-31(43)26-32-14-4-10-20-44(32)46/h1-24,27-28H,25-26H2. The average molecular weight is 587 g/mol. The molecule has 46 heavy (non-hydrogen) atoms. The number of para-hydroxylation sites is 4. The van der Waals surface area contributed by atoms with Crippen molar-refractivity contribution in [1.29, 1.82) is 0 Å². The summed E-state index contributed by atoms with van der Waals surface area (Å²) in [6.45, 7) is 0. The molecular formula is C44H30N2. The maximum absolute atomic E-state index is 2.45. The number of anilines is 6. The molecule has 2 aliphatic heterocycles. The van der Waals surface area contributed by atoms with Crippen molar-refractivity contribution in [3.63, 3.8) is 0 Å². The molecule has 0 spiro atoms. The summed E-state index contributed by atoms with van der Waals surface area (Å²) >= 11 is 0. The third kappa shape index (κ3) is 3.71. The molecule has 0 N–H and O–H groups in total. The first-order valence-electron chi connectivity index (χ1n) is 16.1. The van der Waals surface area contributed by atoms with Crippen LogP contribution in [0.4, 0.5) is 34.1 Å². The predicted octanol–water partition coefficient (Wildman–Crippen LogP) is 11.9. The SMILES string of the molecule is c1ccc2c(c1)Cc1ccccc1N2c1ccc2c3ccc(N4c5ccccc5Cc5ccccc54)cc3c3ccccc3c2c1. The van der Waals surface area contributed by atoms with Crippen LogP contribution in [0.2, 0.25) is 0 Å². The first-order chi connectivity index (χ1) is 22.8. The smallest absolute Gasteiger partial charge is 0.0497 e. The van der Waals surface area contributed by atoms with Gasteiger partial charge in [-0.05, 0) is 103 Å². The molecular weight excluding hydrogens is 556 g/mol. The van der Waals surface area contributed by atoms with Gasteiger partial charge in [-0.3, -0.25) is 0 Å². The van der Waals surface area contributed by atoms with Gasteiger partial charge >= 0.3 is 0 Å². The Bertz CT molecular complexity index is 2220. The molecule has 2 heterocycles. The Morgan fingerprint density at radius 1 is 0.283 bits per heavy atom. The molecule has 2 aliphatic rings. The molecule has 0 fully saturated rings. The van der Waals surface area contributed by atoms with Crippen LogP contribution in [0.5, 0.6) is 0 Å². The molecule has 0 atom stereocenters. The summed E-state index contributed by atoms with van der Waals surface area (Å²) in [6, 6.07) is 58.3. The van der Waals surface area contributed by atoms with Gasteiger partial charge in [0.15, 0.2) is 0 Å². The van der Waals surface area contributed by atoms with Crippen molar-refractivity contribution in [1.82, 2.24) is 0 Å². The van der Waals surface area contributed by atoms with E-state index in [1.807, 2.05) is 0 Å². The van der Waals surface area contributed by atoms with Gasteiger partial charge in [-0.25, -0.2) is 0 Å². The van der Waals surface area contributed by atoms with E-state index >= 15 is 0 Å². The zero-order valence-electron chi connectivity index (χ0n) is 25.3. The Morgan fingerprint density at radius 3 is 0.957 bits per heavy atom. The summed E-state index contributed by atoms with van der Waals surface area (Å²) in [5, 5.41) is 7.68. The van der Waals surface area contributed by atoms with E-state index in [4.69, 9.17) is 0 Å². The van der Waals surface area contributed by atoms with Crippen LogP contribution in [0.1, 0.15) is 22.3 Å². The molecule has 0 unspecified atom stereocenters. The van der Waals surface area contributed by atoms with Gasteiger partial charge in [0.1, 0.15) is 0 Å². The van der Waals surface area contributed by atoms with E-state index in [0.717, 1.165) is 12.8 Å². The number of nitrogens with zero attached hydrogens (tertiary/aromatic N) is 2. The number of fused-ring (bicyclic) bond motifs is 10. The van der Waals surface area contributed by atoms with Gasteiger partial charge in [0.2, 0.25) is 0 Å². The van der Waals surface area contributed by atoms with Crippen LogP contribution in [0.15, 0.2) is 158 Å². The van der Waals surface area contributed by atoms with Gasteiger partial charge in [0.05, 0.1) is 0 Å². The van der Waals surface area contributed by atoms with Gasteiger partial charge in [-0.2, -0.15) is 0 Å². The molecule has 10 rings (SSSR count). The monoisotopic (exact) mass is 586 g/mol. The van der Waals surface area contributed by atoms with E-state index in [1.54, 1.807) is 0 Å². The van der Waals surface area contributed by atoms with Crippen molar-refractivity contribution in [2.45, 2.75) is 12.8 Å². The van der Waals surface area contributed by atoms with Gasteiger partial charge in [0.25, 0.3) is 0 Å². The fraction of sp³-hybridized carbons (Fsp3) is 0.0455. The predicted molar refractivity (Wildman–Crippen MR) is 194 cm³/mol. The number of rotatable bonds is 2. The molecule has 0 bridgehead atoms. The number of benzene rings is 8. The molecule has 0 aromatic heterocycles. The van der Waals surface area contributed by atoms with E-state index in [0.29, 0.717) is 0 Å². The molecule has 8 aromatic rings. The minimum atomic E-state index is 0.957. The minimum Gasteiger partial charge on any atom is -0.310 e. The number of hydrogen-bond acceptors (Lipinski definition) is 2. The summed E-state index contributed by atoms with van der Waals surface area (Å²) in [7, 11) is 0. The zero-order valence-corrected chi connectivity index (χ0v) is 25.3. The molecule has 0 saturated heterocycles. The summed E-state index contributed by atoms with van der Waals surface area (Å²) in [6.07, 6.45) is 1.91. The summed E-state index contributed by atoms with van der Waals surface area (Å²) < 4.78 is 0. The first kappa shape index (κ1) is 25.5. The van der Waals surface area contributed by atoms with Crippen molar-refractivity contribution >= 4 is 66.4 Å². The van der Waals surface area contributed by atoms with Crippen LogP contribution >= 0.6 is 0 Å². The highest BCUT2D eigenvalue weighted by molar-refractivity contribution is 6.26. The molecule has 8 aromatic carbocycles. The van der Waals surface area contributed by atoms with Crippen molar-refractivity contribution < 1.29 is 0 Å². The quantitative estimate of drug-likeness (QED) is 0.186. The topological polar surface area (TPSA) is 6.48 Å². The van der Waals surface area contributed by atoms with Crippen LogP contribution in [0.25, 0.3) is 32.3 Å². The number of hydrogen-bond donors (Lipinski definition) is 0. The lowest BCUT2D eigenvalue weighted by molar-refractivity contribution is 1.09. The lowest BCUT2D eigenvalue weighted by Crippen LogP contribution is -2.18.